The Labute approximate surface area is 124 Å². The van der Waals surface area contributed by atoms with Gasteiger partial charge in [0, 0.05) is 6.08 Å². The van der Waals surface area contributed by atoms with Gasteiger partial charge in [0.1, 0.15) is 6.61 Å². The standard InChI is InChI=1S/C18H15NO2/c1-14-2-4-17(5-3-14)13-21-18(20)11-10-15-6-8-16(12-19)9-7-15/h2-11H,13H2,1H3/b11-10+. The van der Waals surface area contributed by atoms with Crippen LogP contribution < -0.4 is 0 Å². The molecule has 0 unspecified atom stereocenters. The van der Waals surface area contributed by atoms with Gasteiger partial charge in [-0.25, -0.2) is 4.79 Å². The number of esters is 1. The van der Waals surface area contributed by atoms with E-state index in [0.29, 0.717) is 5.56 Å². The minimum atomic E-state index is -0.389. The molecule has 3 heteroatoms. The van der Waals surface area contributed by atoms with Gasteiger partial charge in [0.25, 0.3) is 0 Å². The number of ether oxygens (including phenoxy) is 1. The lowest BCUT2D eigenvalue weighted by molar-refractivity contribution is -0.138. The van der Waals surface area contributed by atoms with Crippen LogP contribution in [0.4, 0.5) is 0 Å². The molecule has 0 fully saturated rings. The smallest absolute Gasteiger partial charge is 0.331 e. The van der Waals surface area contributed by atoms with E-state index in [1.807, 2.05) is 37.3 Å². The highest BCUT2D eigenvalue weighted by molar-refractivity contribution is 5.87. The first-order chi connectivity index (χ1) is 10.2. The van der Waals surface area contributed by atoms with Crippen molar-refractivity contribution >= 4 is 12.0 Å². The minimum Gasteiger partial charge on any atom is -0.458 e. The van der Waals surface area contributed by atoms with Gasteiger partial charge in [-0.1, -0.05) is 42.0 Å². The van der Waals surface area contributed by atoms with Crippen LogP contribution in [-0.4, -0.2) is 5.97 Å². The lowest BCUT2D eigenvalue weighted by Gasteiger charge is -2.02. The van der Waals surface area contributed by atoms with Crippen molar-refractivity contribution in [3.8, 4) is 6.07 Å². The lowest BCUT2D eigenvalue weighted by atomic mass is 10.1. The second kappa shape index (κ2) is 7.06. The number of rotatable bonds is 4. The van der Waals surface area contributed by atoms with Crippen LogP contribution in [0.5, 0.6) is 0 Å². The molecule has 0 saturated heterocycles. The van der Waals surface area contributed by atoms with Gasteiger partial charge in [0.2, 0.25) is 0 Å². The van der Waals surface area contributed by atoms with Crippen LogP contribution >= 0.6 is 0 Å². The Kier molecular flexibility index (Phi) is 4.89. The maximum absolute atomic E-state index is 11.6. The zero-order valence-electron chi connectivity index (χ0n) is 11.7. The molecule has 2 aromatic rings. The normalized spacial score (nSPS) is 10.3. The van der Waals surface area contributed by atoms with E-state index in [1.165, 1.54) is 11.6 Å². The molecule has 104 valence electrons. The van der Waals surface area contributed by atoms with Gasteiger partial charge in [0.05, 0.1) is 11.6 Å². The zero-order valence-corrected chi connectivity index (χ0v) is 11.7. The van der Waals surface area contributed by atoms with Crippen molar-refractivity contribution in [1.29, 1.82) is 5.26 Å². The van der Waals surface area contributed by atoms with Crippen LogP contribution in [0.3, 0.4) is 0 Å². The molecule has 2 rings (SSSR count). The molecule has 0 N–H and O–H groups in total. The Morgan fingerprint density at radius 3 is 2.43 bits per heavy atom. The molecule has 21 heavy (non-hydrogen) atoms. The fourth-order valence-corrected chi connectivity index (χ4v) is 1.72. The fraction of sp³-hybridized carbons (Fsp3) is 0.111. The number of nitrogens with zero attached hydrogens (tertiary/aromatic N) is 1. The summed E-state index contributed by atoms with van der Waals surface area (Å²) in [5.41, 5.74) is 3.57. The van der Waals surface area contributed by atoms with Crippen molar-refractivity contribution in [3.63, 3.8) is 0 Å². The fourth-order valence-electron chi connectivity index (χ4n) is 1.72. The molecule has 2 aromatic carbocycles. The van der Waals surface area contributed by atoms with E-state index in [-0.39, 0.29) is 12.6 Å². The van der Waals surface area contributed by atoms with E-state index in [4.69, 9.17) is 10.00 Å². The quantitative estimate of drug-likeness (QED) is 0.633. The number of benzene rings is 2. The Morgan fingerprint density at radius 2 is 1.81 bits per heavy atom. The highest BCUT2D eigenvalue weighted by atomic mass is 16.5. The van der Waals surface area contributed by atoms with Crippen molar-refractivity contribution < 1.29 is 9.53 Å². The minimum absolute atomic E-state index is 0.261. The highest BCUT2D eigenvalue weighted by Gasteiger charge is 1.99. The van der Waals surface area contributed by atoms with Gasteiger partial charge < -0.3 is 4.74 Å². The summed E-state index contributed by atoms with van der Waals surface area (Å²) in [5.74, 6) is -0.389. The third-order valence-corrected chi connectivity index (χ3v) is 2.95. The van der Waals surface area contributed by atoms with Crippen LogP contribution in [0.15, 0.2) is 54.6 Å². The highest BCUT2D eigenvalue weighted by Crippen LogP contribution is 2.07. The molecule has 0 atom stereocenters. The van der Waals surface area contributed by atoms with Gasteiger partial charge in [0.15, 0.2) is 0 Å². The van der Waals surface area contributed by atoms with E-state index in [0.717, 1.165) is 11.1 Å². The largest absolute Gasteiger partial charge is 0.458 e. The lowest BCUT2D eigenvalue weighted by Crippen LogP contribution is -2.00. The molecule has 0 aliphatic heterocycles. The molecular weight excluding hydrogens is 262 g/mol. The zero-order chi connectivity index (χ0) is 15.1. The second-order valence-corrected chi connectivity index (χ2v) is 4.66. The Morgan fingerprint density at radius 1 is 1.14 bits per heavy atom. The Hall–Kier alpha value is -2.86. The van der Waals surface area contributed by atoms with E-state index < -0.39 is 0 Å². The number of carbonyl (C=O) groups is 1. The first kappa shape index (κ1) is 14.5. The molecule has 0 amide bonds. The van der Waals surface area contributed by atoms with Crippen LogP contribution in [0.25, 0.3) is 6.08 Å². The summed E-state index contributed by atoms with van der Waals surface area (Å²) in [7, 11) is 0. The summed E-state index contributed by atoms with van der Waals surface area (Å²) in [6.45, 7) is 2.27. The summed E-state index contributed by atoms with van der Waals surface area (Å²) in [6.07, 6.45) is 3.05. The van der Waals surface area contributed by atoms with Crippen LogP contribution in [0, 0.1) is 18.3 Å². The Balaban J connectivity index is 1.87. The third kappa shape index (κ3) is 4.63. The van der Waals surface area contributed by atoms with E-state index in [2.05, 4.69) is 0 Å². The number of hydrogen-bond donors (Lipinski definition) is 0. The maximum Gasteiger partial charge on any atom is 0.331 e. The predicted molar refractivity (Wildman–Crippen MR) is 81.2 cm³/mol. The summed E-state index contributed by atoms with van der Waals surface area (Å²) < 4.78 is 5.16. The third-order valence-electron chi connectivity index (χ3n) is 2.95. The summed E-state index contributed by atoms with van der Waals surface area (Å²) >= 11 is 0. The van der Waals surface area contributed by atoms with Gasteiger partial charge in [-0.2, -0.15) is 5.26 Å². The molecular formula is C18H15NO2. The van der Waals surface area contributed by atoms with Crippen molar-refractivity contribution in [1.82, 2.24) is 0 Å². The van der Waals surface area contributed by atoms with Crippen LogP contribution in [-0.2, 0) is 16.1 Å². The number of carbonyl (C=O) groups excluding carboxylic acids is 1. The van der Waals surface area contributed by atoms with Gasteiger partial charge in [-0.15, -0.1) is 0 Å². The first-order valence-corrected chi connectivity index (χ1v) is 6.58. The first-order valence-electron chi connectivity index (χ1n) is 6.58. The average Bonchev–Trinajstić information content (AvgIpc) is 2.53. The van der Waals surface area contributed by atoms with Gasteiger partial charge in [-0.05, 0) is 36.3 Å². The molecule has 0 aliphatic carbocycles. The topological polar surface area (TPSA) is 50.1 Å². The van der Waals surface area contributed by atoms with Crippen molar-refractivity contribution in [2.75, 3.05) is 0 Å². The monoisotopic (exact) mass is 277 g/mol. The van der Waals surface area contributed by atoms with Crippen molar-refractivity contribution in [3.05, 3.63) is 76.9 Å². The molecule has 0 bridgehead atoms. The molecule has 0 aliphatic rings. The van der Waals surface area contributed by atoms with Crippen LogP contribution in [0.2, 0.25) is 0 Å². The molecule has 0 spiro atoms. The summed E-state index contributed by atoms with van der Waals surface area (Å²) in [6, 6.07) is 16.9. The van der Waals surface area contributed by atoms with Crippen LogP contribution in [0.1, 0.15) is 22.3 Å². The predicted octanol–water partition coefficient (Wildman–Crippen LogP) is 3.62. The van der Waals surface area contributed by atoms with E-state index in [1.54, 1.807) is 30.3 Å². The Bertz CT molecular complexity index is 677. The number of aryl methyl sites for hydroxylation is 1. The van der Waals surface area contributed by atoms with E-state index in [9.17, 15) is 4.79 Å². The number of hydrogen-bond acceptors (Lipinski definition) is 3. The summed E-state index contributed by atoms with van der Waals surface area (Å²) in [4.78, 5) is 11.6. The molecule has 0 aromatic heterocycles. The number of nitriles is 1. The maximum atomic E-state index is 11.6. The molecule has 0 radical (unpaired) electrons. The van der Waals surface area contributed by atoms with E-state index >= 15 is 0 Å². The summed E-state index contributed by atoms with van der Waals surface area (Å²) in [5, 5.41) is 8.70. The van der Waals surface area contributed by atoms with Crippen molar-refractivity contribution in [2.45, 2.75) is 13.5 Å². The SMILES string of the molecule is Cc1ccc(COC(=O)/C=C/c2ccc(C#N)cc2)cc1. The van der Waals surface area contributed by atoms with Crippen molar-refractivity contribution in [2.24, 2.45) is 0 Å². The average molecular weight is 277 g/mol. The van der Waals surface area contributed by atoms with Gasteiger partial charge in [-0.3, -0.25) is 0 Å². The molecule has 0 saturated carbocycles. The molecule has 3 nitrogen and oxygen atoms in total. The van der Waals surface area contributed by atoms with Gasteiger partial charge >= 0.3 is 5.97 Å². The molecule has 0 heterocycles. The second-order valence-electron chi connectivity index (χ2n) is 4.66.